The van der Waals surface area contributed by atoms with E-state index in [0.29, 0.717) is 13.0 Å². The number of sulfonamides is 1. The fourth-order valence-corrected chi connectivity index (χ4v) is 8.96. The predicted octanol–water partition coefficient (Wildman–Crippen LogP) is 7.31. The van der Waals surface area contributed by atoms with Crippen LogP contribution >= 0.6 is 0 Å². The third kappa shape index (κ3) is 6.44. The molecule has 1 fully saturated rings. The Kier molecular flexibility index (Phi) is 9.02. The second kappa shape index (κ2) is 13.9. The molecule has 2 unspecified atom stereocenters. The van der Waals surface area contributed by atoms with Crippen molar-refractivity contribution in [1.29, 1.82) is 0 Å². The van der Waals surface area contributed by atoms with Crippen LogP contribution < -0.4 is 14.8 Å². The second-order valence-corrected chi connectivity index (χ2v) is 15.4. The topological polar surface area (TPSA) is 114 Å². The minimum absolute atomic E-state index is 0.00938. The summed E-state index contributed by atoms with van der Waals surface area (Å²) < 4.78 is 42.0. The van der Waals surface area contributed by atoms with Crippen LogP contribution in [0.2, 0.25) is 0 Å². The van der Waals surface area contributed by atoms with Crippen LogP contribution in [0.5, 0.6) is 11.5 Å². The van der Waals surface area contributed by atoms with Crippen LogP contribution in [0.4, 0.5) is 4.79 Å². The van der Waals surface area contributed by atoms with E-state index < -0.39 is 28.2 Å². The van der Waals surface area contributed by atoms with Gasteiger partial charge in [-0.3, -0.25) is 9.69 Å². The molecular weight excluding hydrogens is 675 g/mol. The number of fused-ring (bicyclic) bond motifs is 5. The van der Waals surface area contributed by atoms with Crippen molar-refractivity contribution in [2.45, 2.75) is 42.7 Å². The van der Waals surface area contributed by atoms with Gasteiger partial charge in [0.15, 0.2) is 0 Å². The van der Waals surface area contributed by atoms with E-state index in [1.165, 1.54) is 4.90 Å². The normalized spacial score (nSPS) is 18.0. The first kappa shape index (κ1) is 33.7. The number of hydrogen-bond donors (Lipinski definition) is 2. The zero-order chi connectivity index (χ0) is 35.8. The Morgan fingerprint density at radius 1 is 0.731 bits per heavy atom. The molecule has 5 aromatic rings. The van der Waals surface area contributed by atoms with Crippen LogP contribution in [0.15, 0.2) is 126 Å². The number of ether oxygens (including phenoxy) is 2. The van der Waals surface area contributed by atoms with Gasteiger partial charge in [0.2, 0.25) is 15.9 Å². The van der Waals surface area contributed by atoms with Gasteiger partial charge in [-0.05, 0) is 66.3 Å². The summed E-state index contributed by atoms with van der Waals surface area (Å²) in [6.45, 7) is 2.28. The van der Waals surface area contributed by atoms with Crippen LogP contribution in [0.3, 0.4) is 0 Å². The minimum atomic E-state index is -3.98. The molecule has 2 N–H and O–H groups in total. The van der Waals surface area contributed by atoms with Crippen molar-refractivity contribution in [3.05, 3.63) is 149 Å². The summed E-state index contributed by atoms with van der Waals surface area (Å²) in [5, 5.41) is 3.14. The number of hydrogen-bond acceptors (Lipinski definition) is 6. The molecule has 2 atom stereocenters. The van der Waals surface area contributed by atoms with Crippen molar-refractivity contribution < 1.29 is 27.5 Å². The smallest absolute Gasteiger partial charge is 0.411 e. The lowest BCUT2D eigenvalue weighted by atomic mass is 9.87. The Morgan fingerprint density at radius 2 is 1.29 bits per heavy atom. The lowest BCUT2D eigenvalue weighted by Gasteiger charge is -2.38. The average Bonchev–Trinajstić information content (AvgIpc) is 3.49. The monoisotopic (exact) mass is 713 g/mol. The molecule has 2 aliphatic heterocycles. The molecule has 0 spiro atoms. The Bertz CT molecular complexity index is 2170. The Balaban J connectivity index is 1.01. The number of aryl methyl sites for hydroxylation is 1. The number of nitrogens with zero attached hydrogens (tertiary/aromatic N) is 1. The number of carbonyl (C=O) groups is 2. The first-order valence-electron chi connectivity index (χ1n) is 17.6. The molecule has 52 heavy (non-hydrogen) atoms. The Hall–Kier alpha value is -5.45. The molecular formula is C42H39N3O6S. The number of rotatable bonds is 8. The van der Waals surface area contributed by atoms with E-state index >= 15 is 0 Å². The van der Waals surface area contributed by atoms with Crippen LogP contribution in [0, 0.1) is 12.8 Å². The summed E-state index contributed by atoms with van der Waals surface area (Å²) >= 11 is 0. The van der Waals surface area contributed by atoms with Gasteiger partial charge >= 0.3 is 6.09 Å². The molecule has 0 saturated carbocycles. The standard InChI is InChI=1S/C42H39N3O6S/c1-27-18-21-29(22-19-27)52(48,49)44-40-23-20-28(41(46)43-24-36-34-14-6-8-16-38(34)51-39-17-9-7-15-35(36)39)25-45(40)42(47)50-26-37-32-12-4-2-10-30(32)31-11-3-5-13-33(31)37/h2-19,21-22,28,36-37,40,44H,20,23-26H2,1H3,(H,43,46). The molecule has 2 amide bonds. The molecule has 3 aliphatic rings. The zero-order valence-corrected chi connectivity index (χ0v) is 29.5. The van der Waals surface area contributed by atoms with Gasteiger partial charge in [0.1, 0.15) is 18.1 Å². The molecule has 0 bridgehead atoms. The number of benzene rings is 5. The number of piperidine rings is 1. The van der Waals surface area contributed by atoms with E-state index in [4.69, 9.17) is 9.47 Å². The zero-order valence-electron chi connectivity index (χ0n) is 28.7. The van der Waals surface area contributed by atoms with E-state index in [1.54, 1.807) is 24.3 Å². The van der Waals surface area contributed by atoms with E-state index in [0.717, 1.165) is 50.4 Å². The van der Waals surface area contributed by atoms with Crippen LogP contribution in [-0.4, -0.2) is 51.2 Å². The van der Waals surface area contributed by atoms with Crippen molar-refractivity contribution in [3.8, 4) is 22.6 Å². The maximum Gasteiger partial charge on any atom is 0.411 e. The number of carbonyl (C=O) groups excluding carboxylic acids is 2. The van der Waals surface area contributed by atoms with Gasteiger partial charge in [0.05, 0.1) is 17.0 Å². The third-order valence-electron chi connectivity index (χ3n) is 10.4. The summed E-state index contributed by atoms with van der Waals surface area (Å²) in [6, 6.07) is 38.3. The maximum atomic E-state index is 14.0. The van der Waals surface area contributed by atoms with Crippen molar-refractivity contribution in [1.82, 2.24) is 14.9 Å². The molecule has 1 aliphatic carbocycles. The van der Waals surface area contributed by atoms with E-state index in [1.807, 2.05) is 91.9 Å². The van der Waals surface area contributed by atoms with Crippen molar-refractivity contribution >= 4 is 22.0 Å². The number of para-hydroxylation sites is 2. The fraction of sp³-hybridized carbons (Fsp3) is 0.238. The summed E-state index contributed by atoms with van der Waals surface area (Å²) in [5.74, 6) is 0.421. The van der Waals surface area contributed by atoms with Gasteiger partial charge in [-0.25, -0.2) is 13.2 Å². The van der Waals surface area contributed by atoms with Crippen LogP contribution in [0.1, 0.15) is 52.5 Å². The first-order chi connectivity index (χ1) is 25.3. The predicted molar refractivity (Wildman–Crippen MR) is 198 cm³/mol. The third-order valence-corrected chi connectivity index (χ3v) is 11.9. The van der Waals surface area contributed by atoms with E-state index in [9.17, 15) is 18.0 Å². The summed E-state index contributed by atoms with van der Waals surface area (Å²) in [4.78, 5) is 29.4. The summed E-state index contributed by atoms with van der Waals surface area (Å²) in [6.07, 6.45) is -0.972. The Morgan fingerprint density at radius 3 is 1.90 bits per heavy atom. The fourth-order valence-electron chi connectivity index (χ4n) is 7.73. The van der Waals surface area contributed by atoms with E-state index in [2.05, 4.69) is 22.2 Å². The number of nitrogens with one attached hydrogen (secondary N) is 2. The summed E-state index contributed by atoms with van der Waals surface area (Å²) in [5.41, 5.74) is 7.24. The Labute approximate surface area is 303 Å². The molecule has 5 aromatic carbocycles. The molecule has 10 heteroatoms. The van der Waals surface area contributed by atoms with Crippen molar-refractivity contribution in [2.75, 3.05) is 19.7 Å². The largest absolute Gasteiger partial charge is 0.457 e. The van der Waals surface area contributed by atoms with Crippen molar-refractivity contribution in [3.63, 3.8) is 0 Å². The van der Waals surface area contributed by atoms with Gasteiger partial charge in [-0.2, -0.15) is 4.72 Å². The highest BCUT2D eigenvalue weighted by Gasteiger charge is 2.39. The molecule has 8 rings (SSSR count). The highest BCUT2D eigenvalue weighted by molar-refractivity contribution is 7.89. The van der Waals surface area contributed by atoms with E-state index in [-0.39, 0.29) is 42.2 Å². The van der Waals surface area contributed by atoms with Crippen LogP contribution in [-0.2, 0) is 19.6 Å². The molecule has 2 heterocycles. The summed E-state index contributed by atoms with van der Waals surface area (Å²) in [7, 11) is -3.98. The number of amides is 2. The van der Waals surface area contributed by atoms with Crippen LogP contribution in [0.25, 0.3) is 11.1 Å². The lowest BCUT2D eigenvalue weighted by molar-refractivity contribution is -0.127. The van der Waals surface area contributed by atoms with Gasteiger partial charge < -0.3 is 14.8 Å². The highest BCUT2D eigenvalue weighted by Crippen LogP contribution is 2.45. The van der Waals surface area contributed by atoms with Gasteiger partial charge in [-0.15, -0.1) is 0 Å². The SMILES string of the molecule is Cc1ccc(S(=O)(=O)NC2CCC(C(=O)NCC3c4ccccc4Oc4ccccc43)CN2C(=O)OCC2c3ccccc3-c3ccccc32)cc1. The molecule has 0 aromatic heterocycles. The van der Waals surface area contributed by atoms with Gasteiger partial charge in [0, 0.05) is 36.1 Å². The second-order valence-electron chi connectivity index (χ2n) is 13.7. The van der Waals surface area contributed by atoms with Gasteiger partial charge in [0.25, 0.3) is 0 Å². The quantitative estimate of drug-likeness (QED) is 0.174. The van der Waals surface area contributed by atoms with Gasteiger partial charge in [-0.1, -0.05) is 103 Å². The first-order valence-corrected chi connectivity index (χ1v) is 19.1. The molecule has 0 radical (unpaired) electrons. The number of likely N-dealkylation sites (tertiary alicyclic amines) is 1. The highest BCUT2D eigenvalue weighted by atomic mass is 32.2. The molecule has 1 saturated heterocycles. The van der Waals surface area contributed by atoms with Crippen molar-refractivity contribution in [2.24, 2.45) is 5.92 Å². The molecule has 264 valence electrons. The minimum Gasteiger partial charge on any atom is -0.457 e. The average molecular weight is 714 g/mol. The maximum absolute atomic E-state index is 14.0. The molecule has 9 nitrogen and oxygen atoms in total. The lowest BCUT2D eigenvalue weighted by Crippen LogP contribution is -2.57.